The molecule has 0 amide bonds. The van der Waals surface area contributed by atoms with Crippen molar-refractivity contribution in [2.75, 3.05) is 0 Å². The fraction of sp³-hybridized carbons (Fsp3) is 0.357. The Balaban J connectivity index is 2.21. The van der Waals surface area contributed by atoms with Gasteiger partial charge < -0.3 is 5.11 Å². The van der Waals surface area contributed by atoms with E-state index >= 15 is 0 Å². The minimum atomic E-state index is -0.587. The first-order valence-electron chi connectivity index (χ1n) is 5.91. The number of hydrogen-bond donors (Lipinski definition) is 1. The van der Waals surface area contributed by atoms with E-state index in [1.807, 2.05) is 45.2 Å². The van der Waals surface area contributed by atoms with E-state index < -0.39 is 6.10 Å². The quantitative estimate of drug-likeness (QED) is 0.926. The van der Waals surface area contributed by atoms with Crippen LogP contribution in [0.3, 0.4) is 0 Å². The van der Waals surface area contributed by atoms with Crippen LogP contribution in [0.4, 0.5) is 0 Å². The van der Waals surface area contributed by atoms with Gasteiger partial charge in [0.25, 0.3) is 0 Å². The highest BCUT2D eigenvalue weighted by Gasteiger charge is 2.15. The molecule has 1 aromatic heterocycles. The van der Waals surface area contributed by atoms with Gasteiger partial charge in [-0.2, -0.15) is 5.10 Å². The van der Waals surface area contributed by atoms with Gasteiger partial charge in [0, 0.05) is 18.5 Å². The van der Waals surface area contributed by atoms with E-state index in [1.165, 1.54) is 0 Å². The first kappa shape index (κ1) is 13.1. The number of benzene rings is 1. The van der Waals surface area contributed by atoms with Crippen molar-refractivity contribution >= 4 is 11.6 Å². The van der Waals surface area contributed by atoms with E-state index in [0.717, 1.165) is 22.5 Å². The zero-order valence-electron chi connectivity index (χ0n) is 10.8. The van der Waals surface area contributed by atoms with E-state index in [1.54, 1.807) is 4.68 Å². The fourth-order valence-electron chi connectivity index (χ4n) is 2.07. The minimum absolute atomic E-state index is 0.498. The molecule has 1 aromatic carbocycles. The molecular formula is C14H17ClN2O. The van der Waals surface area contributed by atoms with Gasteiger partial charge >= 0.3 is 0 Å². The van der Waals surface area contributed by atoms with Gasteiger partial charge in [-0.15, -0.1) is 0 Å². The van der Waals surface area contributed by atoms with Crippen LogP contribution in [0.15, 0.2) is 24.3 Å². The number of aliphatic hydroxyl groups excluding tert-OH is 1. The zero-order valence-corrected chi connectivity index (χ0v) is 11.6. The average molecular weight is 265 g/mol. The Morgan fingerprint density at radius 2 is 2.06 bits per heavy atom. The van der Waals surface area contributed by atoms with Crippen molar-refractivity contribution in [1.29, 1.82) is 0 Å². The van der Waals surface area contributed by atoms with E-state index in [4.69, 9.17) is 11.6 Å². The van der Waals surface area contributed by atoms with Crippen molar-refractivity contribution < 1.29 is 5.11 Å². The summed E-state index contributed by atoms with van der Waals surface area (Å²) in [6.07, 6.45) is -0.0886. The summed E-state index contributed by atoms with van der Waals surface area (Å²) in [5.74, 6) is 0. The van der Waals surface area contributed by atoms with E-state index in [2.05, 4.69) is 5.10 Å². The number of rotatable bonds is 3. The lowest BCUT2D eigenvalue weighted by Crippen LogP contribution is -2.08. The SMILES string of the molecule is Cc1ccc(CC(O)c2cc(C)nn2C)c(Cl)c1. The summed E-state index contributed by atoms with van der Waals surface area (Å²) < 4.78 is 1.71. The molecule has 18 heavy (non-hydrogen) atoms. The molecule has 0 aliphatic rings. The van der Waals surface area contributed by atoms with Crippen LogP contribution in [-0.4, -0.2) is 14.9 Å². The maximum atomic E-state index is 10.2. The Morgan fingerprint density at radius 3 is 2.61 bits per heavy atom. The lowest BCUT2D eigenvalue weighted by molar-refractivity contribution is 0.168. The van der Waals surface area contributed by atoms with Gasteiger partial charge in [0.2, 0.25) is 0 Å². The first-order chi connectivity index (χ1) is 8.47. The summed E-state index contributed by atoms with van der Waals surface area (Å²) >= 11 is 6.17. The number of aryl methyl sites for hydroxylation is 3. The number of aliphatic hydroxyl groups is 1. The van der Waals surface area contributed by atoms with Gasteiger partial charge in [0.15, 0.2) is 0 Å². The zero-order chi connectivity index (χ0) is 13.3. The Labute approximate surface area is 112 Å². The van der Waals surface area contributed by atoms with Crippen LogP contribution in [0, 0.1) is 13.8 Å². The second-order valence-electron chi connectivity index (χ2n) is 4.65. The summed E-state index contributed by atoms with van der Waals surface area (Å²) in [7, 11) is 1.84. The predicted molar refractivity (Wildman–Crippen MR) is 72.8 cm³/mol. The van der Waals surface area contributed by atoms with Gasteiger partial charge in [-0.1, -0.05) is 23.7 Å². The van der Waals surface area contributed by atoms with Gasteiger partial charge in [-0.05, 0) is 37.1 Å². The standard InChI is InChI=1S/C14H17ClN2O/c1-9-4-5-11(12(15)6-9)8-14(18)13-7-10(2)16-17(13)3/h4-7,14,18H,8H2,1-3H3. The Kier molecular flexibility index (Phi) is 3.73. The highest BCUT2D eigenvalue weighted by Crippen LogP contribution is 2.24. The van der Waals surface area contributed by atoms with Gasteiger partial charge in [0.1, 0.15) is 0 Å². The molecule has 0 fully saturated rings. The largest absolute Gasteiger partial charge is 0.386 e. The Bertz CT molecular complexity index is 563. The molecule has 0 radical (unpaired) electrons. The Hall–Kier alpha value is -1.32. The van der Waals surface area contributed by atoms with Crippen LogP contribution >= 0.6 is 11.6 Å². The fourth-order valence-corrected chi connectivity index (χ4v) is 2.39. The van der Waals surface area contributed by atoms with E-state index in [-0.39, 0.29) is 0 Å². The second-order valence-corrected chi connectivity index (χ2v) is 5.06. The third-order valence-electron chi connectivity index (χ3n) is 3.00. The molecular weight excluding hydrogens is 248 g/mol. The smallest absolute Gasteiger partial charge is 0.0997 e. The topological polar surface area (TPSA) is 38.1 Å². The third kappa shape index (κ3) is 2.74. The summed E-state index contributed by atoms with van der Waals surface area (Å²) in [4.78, 5) is 0. The molecule has 2 rings (SSSR count). The molecule has 0 bridgehead atoms. The highest BCUT2D eigenvalue weighted by molar-refractivity contribution is 6.31. The predicted octanol–water partition coefficient (Wildman–Crippen LogP) is 2.97. The van der Waals surface area contributed by atoms with Crippen molar-refractivity contribution in [1.82, 2.24) is 9.78 Å². The molecule has 0 aliphatic heterocycles. The molecule has 4 heteroatoms. The molecule has 1 N–H and O–H groups in total. The van der Waals surface area contributed by atoms with Crippen molar-refractivity contribution in [2.24, 2.45) is 7.05 Å². The maximum absolute atomic E-state index is 10.2. The van der Waals surface area contributed by atoms with Crippen molar-refractivity contribution in [3.63, 3.8) is 0 Å². The molecule has 0 aliphatic carbocycles. The van der Waals surface area contributed by atoms with Crippen LogP contribution < -0.4 is 0 Å². The molecule has 0 saturated carbocycles. The minimum Gasteiger partial charge on any atom is -0.386 e. The van der Waals surface area contributed by atoms with Gasteiger partial charge in [-0.25, -0.2) is 0 Å². The maximum Gasteiger partial charge on any atom is 0.0997 e. The van der Waals surface area contributed by atoms with Crippen LogP contribution in [0.5, 0.6) is 0 Å². The molecule has 3 nitrogen and oxygen atoms in total. The number of nitrogens with zero attached hydrogens (tertiary/aromatic N) is 2. The summed E-state index contributed by atoms with van der Waals surface area (Å²) in [6.45, 7) is 3.91. The highest BCUT2D eigenvalue weighted by atomic mass is 35.5. The molecule has 1 unspecified atom stereocenters. The number of aromatic nitrogens is 2. The van der Waals surface area contributed by atoms with Gasteiger partial charge in [-0.3, -0.25) is 4.68 Å². The van der Waals surface area contributed by atoms with Crippen LogP contribution in [-0.2, 0) is 13.5 Å². The van der Waals surface area contributed by atoms with Crippen molar-refractivity contribution in [3.05, 3.63) is 51.8 Å². The molecule has 1 atom stereocenters. The molecule has 1 heterocycles. The number of hydrogen-bond acceptors (Lipinski definition) is 2. The summed E-state index contributed by atoms with van der Waals surface area (Å²) in [5, 5.41) is 15.2. The van der Waals surface area contributed by atoms with Crippen LogP contribution in [0.2, 0.25) is 5.02 Å². The summed E-state index contributed by atoms with van der Waals surface area (Å²) in [5.41, 5.74) is 3.79. The van der Waals surface area contributed by atoms with Gasteiger partial charge in [0.05, 0.1) is 17.5 Å². The molecule has 0 saturated heterocycles. The van der Waals surface area contributed by atoms with Crippen molar-refractivity contribution in [3.8, 4) is 0 Å². The summed E-state index contributed by atoms with van der Waals surface area (Å²) in [6, 6.07) is 7.78. The monoisotopic (exact) mass is 264 g/mol. The van der Waals surface area contributed by atoms with E-state index in [0.29, 0.717) is 11.4 Å². The Morgan fingerprint density at radius 1 is 1.33 bits per heavy atom. The molecule has 2 aromatic rings. The average Bonchev–Trinajstić information content (AvgIpc) is 2.62. The number of halogens is 1. The second kappa shape index (κ2) is 5.12. The normalized spacial score (nSPS) is 12.7. The van der Waals surface area contributed by atoms with Crippen molar-refractivity contribution in [2.45, 2.75) is 26.4 Å². The first-order valence-corrected chi connectivity index (χ1v) is 6.29. The van der Waals surface area contributed by atoms with Crippen LogP contribution in [0.1, 0.15) is 28.6 Å². The lowest BCUT2D eigenvalue weighted by atomic mass is 10.0. The lowest BCUT2D eigenvalue weighted by Gasteiger charge is -2.12. The van der Waals surface area contributed by atoms with Crippen LogP contribution in [0.25, 0.3) is 0 Å². The van der Waals surface area contributed by atoms with E-state index in [9.17, 15) is 5.11 Å². The molecule has 0 spiro atoms. The molecule has 96 valence electrons. The third-order valence-corrected chi connectivity index (χ3v) is 3.35.